The maximum Gasteiger partial charge on any atom is 0.242 e. The zero-order chi connectivity index (χ0) is 18.5. The summed E-state index contributed by atoms with van der Waals surface area (Å²) < 4.78 is 5.37. The molecule has 9 heteroatoms. The largest absolute Gasteiger partial charge is 0.378 e. The molecule has 0 bridgehead atoms. The summed E-state index contributed by atoms with van der Waals surface area (Å²) in [6.45, 7) is 8.92. The number of halogens is 2. The van der Waals surface area contributed by atoms with Gasteiger partial charge in [0.05, 0.1) is 19.8 Å². The minimum Gasteiger partial charge on any atom is -0.378 e. The van der Waals surface area contributed by atoms with Crippen LogP contribution in [0.5, 0.6) is 0 Å². The van der Waals surface area contributed by atoms with Crippen LogP contribution in [0.4, 0.5) is 5.69 Å². The molecule has 2 N–H and O–H groups in total. The lowest BCUT2D eigenvalue weighted by atomic mass is 10.1. The van der Waals surface area contributed by atoms with Gasteiger partial charge in [0.25, 0.3) is 0 Å². The fourth-order valence-electron chi connectivity index (χ4n) is 3.35. The van der Waals surface area contributed by atoms with Crippen LogP contribution in [0.3, 0.4) is 0 Å². The third-order valence-corrected chi connectivity index (χ3v) is 5.15. The molecule has 2 amide bonds. The standard InChI is InChI=1S/C19H28N4O3.2ClH/c1-14-4-3-5-16(15(14)2)21-18(24)12-22-7-9-23(10-8-22)19(25)17-13-26-11-6-20-17;;/h3-5,17,20H,6-13H2,1-2H3,(H,21,24);2*1H. The number of hydrogen-bond acceptors (Lipinski definition) is 5. The first-order chi connectivity index (χ1) is 12.5. The van der Waals surface area contributed by atoms with Crippen molar-refractivity contribution in [3.05, 3.63) is 29.3 Å². The minimum atomic E-state index is -0.233. The van der Waals surface area contributed by atoms with Gasteiger partial charge in [0.1, 0.15) is 6.04 Å². The van der Waals surface area contributed by atoms with Crippen molar-refractivity contribution in [2.75, 3.05) is 57.8 Å². The van der Waals surface area contributed by atoms with Gasteiger partial charge < -0.3 is 20.3 Å². The van der Waals surface area contributed by atoms with Gasteiger partial charge >= 0.3 is 0 Å². The summed E-state index contributed by atoms with van der Waals surface area (Å²) in [6.07, 6.45) is 0. The highest BCUT2D eigenvalue weighted by molar-refractivity contribution is 5.93. The highest BCUT2D eigenvalue weighted by Crippen LogP contribution is 2.18. The van der Waals surface area contributed by atoms with Crippen LogP contribution in [0, 0.1) is 13.8 Å². The van der Waals surface area contributed by atoms with Crippen molar-refractivity contribution < 1.29 is 14.3 Å². The van der Waals surface area contributed by atoms with Crippen LogP contribution in [-0.4, -0.2) is 80.1 Å². The number of nitrogens with one attached hydrogen (secondary N) is 2. The minimum absolute atomic E-state index is 0. The Morgan fingerprint density at radius 1 is 1.18 bits per heavy atom. The zero-order valence-electron chi connectivity index (χ0n) is 16.4. The number of morpholine rings is 1. The van der Waals surface area contributed by atoms with Crippen molar-refractivity contribution in [2.45, 2.75) is 19.9 Å². The van der Waals surface area contributed by atoms with Crippen molar-refractivity contribution in [1.82, 2.24) is 15.1 Å². The number of amides is 2. The summed E-state index contributed by atoms with van der Waals surface area (Å²) in [5.74, 6) is 0.0880. The normalized spacial score (nSPS) is 19.9. The van der Waals surface area contributed by atoms with Crippen LogP contribution < -0.4 is 10.6 Å². The third-order valence-electron chi connectivity index (χ3n) is 5.15. The highest BCUT2D eigenvalue weighted by atomic mass is 35.5. The Kier molecular flexibility index (Phi) is 10.2. The lowest BCUT2D eigenvalue weighted by Crippen LogP contribution is -2.57. The van der Waals surface area contributed by atoms with Crippen LogP contribution in [0.15, 0.2) is 18.2 Å². The number of anilines is 1. The Bertz CT molecular complexity index is 661. The fourth-order valence-corrected chi connectivity index (χ4v) is 3.35. The summed E-state index contributed by atoms with van der Waals surface area (Å²) in [7, 11) is 0. The number of carbonyl (C=O) groups is 2. The number of aryl methyl sites for hydroxylation is 1. The lowest BCUT2D eigenvalue weighted by molar-refractivity contribution is -0.138. The van der Waals surface area contributed by atoms with Gasteiger partial charge in [-0.3, -0.25) is 14.5 Å². The first-order valence-electron chi connectivity index (χ1n) is 9.23. The van der Waals surface area contributed by atoms with Crippen molar-refractivity contribution in [1.29, 1.82) is 0 Å². The summed E-state index contributed by atoms with van der Waals surface area (Å²) in [4.78, 5) is 28.8. The second-order valence-corrected chi connectivity index (χ2v) is 6.98. The molecule has 0 radical (unpaired) electrons. The van der Waals surface area contributed by atoms with E-state index in [0.29, 0.717) is 45.9 Å². The second-order valence-electron chi connectivity index (χ2n) is 6.98. The van der Waals surface area contributed by atoms with E-state index in [1.54, 1.807) is 0 Å². The van der Waals surface area contributed by atoms with Gasteiger partial charge in [-0.05, 0) is 31.0 Å². The van der Waals surface area contributed by atoms with Gasteiger partial charge in [0.2, 0.25) is 11.8 Å². The molecule has 2 fully saturated rings. The molecule has 7 nitrogen and oxygen atoms in total. The van der Waals surface area contributed by atoms with Gasteiger partial charge in [-0.25, -0.2) is 0 Å². The van der Waals surface area contributed by atoms with Crippen LogP contribution in [0.1, 0.15) is 11.1 Å². The second kappa shape index (κ2) is 11.6. The third kappa shape index (κ3) is 6.32. The smallest absolute Gasteiger partial charge is 0.242 e. The molecule has 0 spiro atoms. The SMILES string of the molecule is Cc1cccc(NC(=O)CN2CCN(C(=O)C3COCCN3)CC2)c1C.Cl.Cl. The molecule has 158 valence electrons. The van der Waals surface area contributed by atoms with Gasteiger partial charge in [-0.15, -0.1) is 24.8 Å². The van der Waals surface area contributed by atoms with E-state index in [1.165, 1.54) is 0 Å². The Labute approximate surface area is 179 Å². The van der Waals surface area contributed by atoms with Crippen LogP contribution in [0.25, 0.3) is 0 Å². The number of nitrogens with zero attached hydrogens (tertiary/aromatic N) is 2. The Balaban J connectivity index is 0.00000196. The first-order valence-corrected chi connectivity index (χ1v) is 9.23. The monoisotopic (exact) mass is 432 g/mol. The number of rotatable bonds is 4. The molecule has 1 aromatic carbocycles. The van der Waals surface area contributed by atoms with E-state index in [9.17, 15) is 9.59 Å². The molecular weight excluding hydrogens is 403 g/mol. The zero-order valence-corrected chi connectivity index (χ0v) is 18.0. The molecular formula is C19H30Cl2N4O3. The molecule has 0 saturated carbocycles. The number of ether oxygens (including phenoxy) is 1. The molecule has 2 saturated heterocycles. The average Bonchev–Trinajstić information content (AvgIpc) is 2.66. The molecule has 28 heavy (non-hydrogen) atoms. The van der Waals surface area contributed by atoms with E-state index in [1.807, 2.05) is 36.9 Å². The molecule has 1 unspecified atom stereocenters. The molecule has 2 aliphatic heterocycles. The van der Waals surface area contributed by atoms with Gasteiger partial charge in [-0.1, -0.05) is 12.1 Å². The predicted octanol–water partition coefficient (Wildman–Crippen LogP) is 1.22. The molecule has 0 aliphatic carbocycles. The van der Waals surface area contributed by atoms with E-state index in [4.69, 9.17) is 4.74 Å². The van der Waals surface area contributed by atoms with Crippen molar-refractivity contribution in [2.24, 2.45) is 0 Å². The molecule has 2 heterocycles. The predicted molar refractivity (Wildman–Crippen MR) is 115 cm³/mol. The van der Waals surface area contributed by atoms with E-state index in [0.717, 1.165) is 23.4 Å². The Morgan fingerprint density at radius 3 is 2.54 bits per heavy atom. The summed E-state index contributed by atoms with van der Waals surface area (Å²) in [5, 5.41) is 6.20. The van der Waals surface area contributed by atoms with Crippen LogP contribution in [-0.2, 0) is 14.3 Å². The molecule has 2 aliphatic rings. The lowest BCUT2D eigenvalue weighted by Gasteiger charge is -2.37. The molecule has 1 aromatic rings. The maximum atomic E-state index is 12.5. The number of hydrogen-bond donors (Lipinski definition) is 2. The highest BCUT2D eigenvalue weighted by Gasteiger charge is 2.29. The Morgan fingerprint density at radius 2 is 1.89 bits per heavy atom. The molecule has 1 atom stereocenters. The fraction of sp³-hybridized carbons (Fsp3) is 0.579. The molecule has 0 aromatic heterocycles. The van der Waals surface area contributed by atoms with Crippen molar-refractivity contribution >= 4 is 42.3 Å². The first kappa shape index (κ1) is 24.7. The number of piperazine rings is 1. The van der Waals surface area contributed by atoms with E-state index < -0.39 is 0 Å². The average molecular weight is 433 g/mol. The van der Waals surface area contributed by atoms with Crippen molar-refractivity contribution in [3.63, 3.8) is 0 Å². The molecule has 3 rings (SSSR count). The summed E-state index contributed by atoms with van der Waals surface area (Å²) in [6, 6.07) is 5.68. The van der Waals surface area contributed by atoms with Crippen molar-refractivity contribution in [3.8, 4) is 0 Å². The van der Waals surface area contributed by atoms with Crippen LogP contribution >= 0.6 is 24.8 Å². The topological polar surface area (TPSA) is 73.9 Å². The van der Waals surface area contributed by atoms with Gasteiger partial charge in [0.15, 0.2) is 0 Å². The maximum absolute atomic E-state index is 12.5. The van der Waals surface area contributed by atoms with E-state index in [-0.39, 0.29) is 42.7 Å². The van der Waals surface area contributed by atoms with Gasteiger partial charge in [-0.2, -0.15) is 0 Å². The summed E-state index contributed by atoms with van der Waals surface area (Å²) in [5.41, 5.74) is 3.13. The van der Waals surface area contributed by atoms with Gasteiger partial charge in [0, 0.05) is 38.4 Å². The number of carbonyl (C=O) groups excluding carboxylic acids is 2. The van der Waals surface area contributed by atoms with Crippen LogP contribution in [0.2, 0.25) is 0 Å². The van der Waals surface area contributed by atoms with E-state index in [2.05, 4.69) is 15.5 Å². The Hall–Kier alpha value is -1.38. The number of benzene rings is 1. The quantitative estimate of drug-likeness (QED) is 0.747. The summed E-state index contributed by atoms with van der Waals surface area (Å²) >= 11 is 0. The van der Waals surface area contributed by atoms with E-state index >= 15 is 0 Å².